The predicted octanol–water partition coefficient (Wildman–Crippen LogP) is 2.67. The summed E-state index contributed by atoms with van der Waals surface area (Å²) in [6.45, 7) is 14.2. The first-order chi connectivity index (χ1) is 11.1. The number of aromatic nitrogens is 1. The Labute approximate surface area is 148 Å². The fourth-order valence-electron chi connectivity index (χ4n) is 3.11. The van der Waals surface area contributed by atoms with Crippen molar-refractivity contribution < 1.29 is 9.59 Å². The first-order valence-electron chi connectivity index (χ1n) is 7.77. The lowest BCUT2D eigenvalue weighted by molar-refractivity contribution is -0.128. The maximum absolute atomic E-state index is 12.6. The summed E-state index contributed by atoms with van der Waals surface area (Å²) in [5.41, 5.74) is 2.94. The molecule has 1 fully saturated rings. The zero-order chi connectivity index (χ0) is 18.2. The minimum atomic E-state index is -0.467. The van der Waals surface area contributed by atoms with E-state index in [4.69, 9.17) is 12.2 Å². The van der Waals surface area contributed by atoms with Gasteiger partial charge in [-0.2, -0.15) is 0 Å². The Morgan fingerprint density at radius 1 is 1.29 bits per heavy atom. The summed E-state index contributed by atoms with van der Waals surface area (Å²) in [6.07, 6.45) is 3.21. The zero-order valence-corrected chi connectivity index (χ0v) is 15.6. The molecule has 1 saturated heterocycles. The molecule has 1 aromatic heterocycles. The van der Waals surface area contributed by atoms with E-state index in [1.807, 2.05) is 19.9 Å². The number of rotatable bonds is 3. The van der Waals surface area contributed by atoms with Crippen LogP contribution in [0, 0.1) is 13.8 Å². The minimum Gasteiger partial charge on any atom is -0.343 e. The molecule has 1 aliphatic rings. The smallest absolute Gasteiger partial charge is 0.265 e. The first kappa shape index (κ1) is 18.1. The molecule has 0 radical (unpaired) electrons. The van der Waals surface area contributed by atoms with E-state index < -0.39 is 11.8 Å². The lowest BCUT2D eigenvalue weighted by Crippen LogP contribution is -2.53. The summed E-state index contributed by atoms with van der Waals surface area (Å²) in [5, 5.41) is 2.67. The van der Waals surface area contributed by atoms with E-state index in [-0.39, 0.29) is 22.8 Å². The Morgan fingerprint density at radius 3 is 2.42 bits per heavy atom. The van der Waals surface area contributed by atoms with E-state index in [9.17, 15) is 9.59 Å². The molecule has 2 heterocycles. The maximum Gasteiger partial charge on any atom is 0.265 e. The van der Waals surface area contributed by atoms with Gasteiger partial charge in [-0.15, -0.1) is 6.58 Å². The highest BCUT2D eigenvalue weighted by Crippen LogP contribution is 2.26. The van der Waals surface area contributed by atoms with Crippen molar-refractivity contribution in [3.63, 3.8) is 0 Å². The van der Waals surface area contributed by atoms with Crippen LogP contribution in [0.5, 0.6) is 0 Å². The van der Waals surface area contributed by atoms with Gasteiger partial charge in [-0.1, -0.05) is 6.08 Å². The second kappa shape index (κ2) is 6.36. The van der Waals surface area contributed by atoms with Crippen molar-refractivity contribution in [2.75, 3.05) is 6.54 Å². The van der Waals surface area contributed by atoms with Gasteiger partial charge in [0.15, 0.2) is 5.11 Å². The highest BCUT2D eigenvalue weighted by atomic mass is 32.1. The lowest BCUT2D eigenvalue weighted by atomic mass is 10.1. The van der Waals surface area contributed by atoms with Gasteiger partial charge < -0.3 is 4.57 Å². The molecular weight excluding hydrogens is 322 g/mol. The topological polar surface area (TPSA) is 54.3 Å². The highest BCUT2D eigenvalue weighted by molar-refractivity contribution is 7.80. The molecule has 24 heavy (non-hydrogen) atoms. The Balaban J connectivity index is 2.51. The summed E-state index contributed by atoms with van der Waals surface area (Å²) in [7, 11) is 0. The van der Waals surface area contributed by atoms with Gasteiger partial charge >= 0.3 is 0 Å². The summed E-state index contributed by atoms with van der Waals surface area (Å²) in [4.78, 5) is 26.1. The van der Waals surface area contributed by atoms with Gasteiger partial charge in [-0.25, -0.2) is 0 Å². The van der Waals surface area contributed by atoms with Crippen molar-refractivity contribution in [2.45, 2.75) is 40.2 Å². The summed E-state index contributed by atoms with van der Waals surface area (Å²) in [6, 6.07) is 1.99. The molecule has 2 amide bonds. The van der Waals surface area contributed by atoms with Crippen molar-refractivity contribution in [3.8, 4) is 0 Å². The number of thiocarbonyl (C=S) groups is 1. The van der Waals surface area contributed by atoms with Crippen LogP contribution in [0.15, 0.2) is 24.3 Å². The van der Waals surface area contributed by atoms with Crippen molar-refractivity contribution in [3.05, 3.63) is 41.2 Å². The number of carbonyl (C=O) groups excluding carboxylic acids is 2. The summed E-state index contributed by atoms with van der Waals surface area (Å²) in [5.74, 6) is -0.866. The third-order valence-electron chi connectivity index (χ3n) is 3.94. The van der Waals surface area contributed by atoms with Gasteiger partial charge in [0.25, 0.3) is 11.8 Å². The van der Waals surface area contributed by atoms with Gasteiger partial charge in [0.05, 0.1) is 0 Å². The Morgan fingerprint density at radius 2 is 1.92 bits per heavy atom. The SMILES string of the molecule is C=CCN1C(=O)/C(=C/c2cc(C)n(C(C)(C)C)c2C)C(=O)NC1=S. The molecule has 0 atom stereocenters. The number of aryl methyl sites for hydroxylation is 1. The Hall–Kier alpha value is -2.21. The predicted molar refractivity (Wildman–Crippen MR) is 99.5 cm³/mol. The molecule has 5 nitrogen and oxygen atoms in total. The number of nitrogens with zero attached hydrogens (tertiary/aromatic N) is 2. The second-order valence-corrected chi connectivity index (χ2v) is 7.24. The maximum atomic E-state index is 12.6. The van der Waals surface area contributed by atoms with E-state index in [1.165, 1.54) is 4.90 Å². The Kier molecular flexibility index (Phi) is 4.80. The molecule has 6 heteroatoms. The van der Waals surface area contributed by atoms with Crippen LogP contribution in [-0.4, -0.2) is 32.9 Å². The number of carbonyl (C=O) groups is 2. The van der Waals surface area contributed by atoms with Crippen LogP contribution in [0.2, 0.25) is 0 Å². The van der Waals surface area contributed by atoms with E-state index in [0.29, 0.717) is 0 Å². The normalized spacial score (nSPS) is 17.5. The number of nitrogens with one attached hydrogen (secondary N) is 1. The van der Waals surface area contributed by atoms with Gasteiger partial charge in [-0.05, 0) is 64.5 Å². The molecule has 0 aliphatic carbocycles. The van der Waals surface area contributed by atoms with Crippen LogP contribution in [0.1, 0.15) is 37.7 Å². The lowest BCUT2D eigenvalue weighted by Gasteiger charge is -2.28. The van der Waals surface area contributed by atoms with Crippen LogP contribution >= 0.6 is 12.2 Å². The molecule has 0 spiro atoms. The van der Waals surface area contributed by atoms with Crippen molar-refractivity contribution in [1.29, 1.82) is 0 Å². The molecular formula is C18H23N3O2S. The molecule has 0 saturated carbocycles. The Bertz CT molecular complexity index is 766. The van der Waals surface area contributed by atoms with Gasteiger partial charge in [0, 0.05) is 23.5 Å². The zero-order valence-electron chi connectivity index (χ0n) is 14.8. The van der Waals surface area contributed by atoms with Crippen LogP contribution < -0.4 is 5.32 Å². The summed E-state index contributed by atoms with van der Waals surface area (Å²) < 4.78 is 2.19. The fraction of sp³-hybridized carbons (Fsp3) is 0.389. The average molecular weight is 345 g/mol. The molecule has 2 rings (SSSR count). The second-order valence-electron chi connectivity index (χ2n) is 6.85. The van der Waals surface area contributed by atoms with Crippen LogP contribution in [0.25, 0.3) is 6.08 Å². The quantitative estimate of drug-likeness (QED) is 0.397. The monoisotopic (exact) mass is 345 g/mol. The first-order valence-corrected chi connectivity index (χ1v) is 8.18. The minimum absolute atomic E-state index is 0.0830. The molecule has 0 unspecified atom stereocenters. The van der Waals surface area contributed by atoms with Crippen LogP contribution in [-0.2, 0) is 15.1 Å². The standard InChI is InChI=1S/C18H23N3O2S/c1-7-8-20-16(23)14(15(22)19-17(20)24)10-13-9-11(2)21(12(13)3)18(4,5)6/h7,9-10H,1,8H2,2-6H3,(H,19,22,24)/b14-10+. The molecule has 0 bridgehead atoms. The molecule has 1 aliphatic heterocycles. The molecule has 0 aromatic carbocycles. The third kappa shape index (κ3) is 3.19. The number of hydrogen-bond acceptors (Lipinski definition) is 3. The summed E-state index contributed by atoms with van der Waals surface area (Å²) >= 11 is 5.06. The van der Waals surface area contributed by atoms with E-state index >= 15 is 0 Å². The van der Waals surface area contributed by atoms with E-state index in [0.717, 1.165) is 17.0 Å². The molecule has 1 aromatic rings. The highest BCUT2D eigenvalue weighted by Gasteiger charge is 2.33. The van der Waals surface area contributed by atoms with Crippen molar-refractivity contribution in [2.24, 2.45) is 0 Å². The third-order valence-corrected chi connectivity index (χ3v) is 4.26. The number of hydrogen-bond donors (Lipinski definition) is 1. The van der Waals surface area contributed by atoms with Gasteiger partial charge in [-0.3, -0.25) is 19.8 Å². The fourth-order valence-corrected chi connectivity index (χ4v) is 3.36. The van der Waals surface area contributed by atoms with Crippen molar-refractivity contribution in [1.82, 2.24) is 14.8 Å². The van der Waals surface area contributed by atoms with Crippen molar-refractivity contribution >= 4 is 35.2 Å². The number of amides is 2. The van der Waals surface area contributed by atoms with Gasteiger partial charge in [0.1, 0.15) is 5.57 Å². The molecule has 128 valence electrons. The van der Waals surface area contributed by atoms with Gasteiger partial charge in [0.2, 0.25) is 0 Å². The molecule has 1 N–H and O–H groups in total. The van der Waals surface area contributed by atoms with E-state index in [2.05, 4.69) is 37.2 Å². The van der Waals surface area contributed by atoms with Crippen LogP contribution in [0.3, 0.4) is 0 Å². The average Bonchev–Trinajstić information content (AvgIpc) is 2.73. The largest absolute Gasteiger partial charge is 0.343 e. The van der Waals surface area contributed by atoms with Crippen LogP contribution in [0.4, 0.5) is 0 Å². The van der Waals surface area contributed by atoms with E-state index in [1.54, 1.807) is 12.2 Å².